The Morgan fingerprint density at radius 3 is 2.06 bits per heavy atom. The summed E-state index contributed by atoms with van der Waals surface area (Å²) in [6.45, 7) is 2.22. The van der Waals surface area contributed by atoms with Crippen LogP contribution < -0.4 is 0 Å². The van der Waals surface area contributed by atoms with Crippen LogP contribution in [-0.4, -0.2) is 13.0 Å². The van der Waals surface area contributed by atoms with Crippen molar-refractivity contribution in [1.29, 1.82) is 0 Å². The summed E-state index contributed by atoms with van der Waals surface area (Å²) in [6.07, 6.45) is -0.505. The highest BCUT2D eigenvalue weighted by Crippen LogP contribution is 2.01. The highest BCUT2D eigenvalue weighted by Gasteiger charge is 1.94. The first-order chi connectivity index (χ1) is 7.31. The summed E-state index contributed by atoms with van der Waals surface area (Å²) in [7, 11) is -4.00. The zero-order chi connectivity index (χ0) is 12.6. The summed E-state index contributed by atoms with van der Waals surface area (Å²) in [4.78, 5) is 0. The quantitative estimate of drug-likeness (QED) is 0.819. The van der Waals surface area contributed by atoms with E-state index in [9.17, 15) is 17.2 Å². The third kappa shape index (κ3) is 10.6. The van der Waals surface area contributed by atoms with Gasteiger partial charge >= 0.3 is 0 Å². The lowest BCUT2D eigenvalue weighted by atomic mass is 10.2. The van der Waals surface area contributed by atoms with Gasteiger partial charge in [0.05, 0.1) is 5.41 Å². The molecular weight excluding hydrogens is 238 g/mol. The molecule has 0 unspecified atom stereocenters. The van der Waals surface area contributed by atoms with E-state index in [0.29, 0.717) is 0 Å². The third-order valence-corrected chi connectivity index (χ3v) is 1.71. The van der Waals surface area contributed by atoms with Gasteiger partial charge in [0.15, 0.2) is 0 Å². The average molecular weight is 248 g/mol. The molecule has 6 heteroatoms. The lowest BCUT2D eigenvalue weighted by Crippen LogP contribution is -1.88. The number of hydrogen-bond acceptors (Lipinski definition) is 2. The Labute approximate surface area is 92.5 Å². The van der Waals surface area contributed by atoms with Crippen LogP contribution in [0.4, 0.5) is 8.78 Å². The number of rotatable bonds is 2. The van der Waals surface area contributed by atoms with Crippen molar-refractivity contribution in [3.8, 4) is 0 Å². The van der Waals surface area contributed by atoms with E-state index in [-0.39, 0.29) is 0 Å². The standard InChI is InChI=1S/C8H8O3S.C2H2F2/c9-12(10,11)7-6-8-4-2-1-3-5-8;1-2(3)4/h1-7H,(H,9,10,11);1H2. The van der Waals surface area contributed by atoms with Gasteiger partial charge < -0.3 is 0 Å². The number of halogens is 2. The van der Waals surface area contributed by atoms with Crippen molar-refractivity contribution in [3.63, 3.8) is 0 Å². The minimum atomic E-state index is -4.00. The van der Waals surface area contributed by atoms with Gasteiger partial charge in [0.25, 0.3) is 16.2 Å². The lowest BCUT2D eigenvalue weighted by molar-refractivity contribution is 0.426. The van der Waals surface area contributed by atoms with E-state index in [0.717, 1.165) is 11.0 Å². The molecular formula is C10H10F2O3S. The molecule has 0 saturated carbocycles. The lowest BCUT2D eigenvalue weighted by Gasteiger charge is -1.89. The molecule has 0 aliphatic rings. The van der Waals surface area contributed by atoms with Crippen molar-refractivity contribution in [1.82, 2.24) is 0 Å². The van der Waals surface area contributed by atoms with Crippen molar-refractivity contribution in [2.45, 2.75) is 0 Å². The fourth-order valence-corrected chi connectivity index (χ4v) is 1.06. The van der Waals surface area contributed by atoms with Crippen LogP contribution in [-0.2, 0) is 10.1 Å². The molecule has 16 heavy (non-hydrogen) atoms. The molecule has 1 rings (SSSR count). The summed E-state index contributed by atoms with van der Waals surface area (Å²) in [5, 5.41) is 0.752. The number of benzene rings is 1. The van der Waals surface area contributed by atoms with Gasteiger partial charge in [0.2, 0.25) is 0 Å². The van der Waals surface area contributed by atoms with Gasteiger partial charge in [-0.2, -0.15) is 17.2 Å². The Morgan fingerprint density at radius 2 is 1.69 bits per heavy atom. The zero-order valence-corrected chi connectivity index (χ0v) is 8.99. The van der Waals surface area contributed by atoms with Crippen LogP contribution >= 0.6 is 0 Å². The van der Waals surface area contributed by atoms with Gasteiger partial charge in [0, 0.05) is 0 Å². The molecule has 1 aromatic rings. The second-order valence-electron chi connectivity index (χ2n) is 2.57. The van der Waals surface area contributed by atoms with Gasteiger partial charge in [-0.15, -0.1) is 0 Å². The SMILES string of the molecule is C=C(F)F.O=S(=O)(O)C=Cc1ccccc1. The summed E-state index contributed by atoms with van der Waals surface area (Å²) in [5.41, 5.74) is 0.732. The molecule has 0 amide bonds. The van der Waals surface area contributed by atoms with E-state index >= 15 is 0 Å². The second-order valence-corrected chi connectivity index (χ2v) is 3.87. The van der Waals surface area contributed by atoms with E-state index in [4.69, 9.17) is 4.55 Å². The smallest absolute Gasteiger partial charge is 0.282 e. The topological polar surface area (TPSA) is 54.4 Å². The molecule has 0 fully saturated rings. The molecule has 88 valence electrons. The van der Waals surface area contributed by atoms with Crippen LogP contribution in [0.3, 0.4) is 0 Å². The van der Waals surface area contributed by atoms with Crippen molar-refractivity contribution in [2.24, 2.45) is 0 Å². The molecule has 1 aromatic carbocycles. The molecule has 0 atom stereocenters. The minimum Gasteiger partial charge on any atom is -0.282 e. The highest BCUT2D eigenvalue weighted by molar-refractivity contribution is 7.88. The maximum absolute atomic E-state index is 10.3. The Kier molecular flexibility index (Phi) is 6.21. The fraction of sp³-hybridized carbons (Fsp3) is 0. The van der Waals surface area contributed by atoms with Crippen LogP contribution in [0.15, 0.2) is 48.4 Å². The largest absolute Gasteiger partial charge is 0.287 e. The van der Waals surface area contributed by atoms with Crippen LogP contribution in [0.1, 0.15) is 5.56 Å². The van der Waals surface area contributed by atoms with E-state index in [1.54, 1.807) is 24.3 Å². The van der Waals surface area contributed by atoms with E-state index in [2.05, 4.69) is 6.58 Å². The van der Waals surface area contributed by atoms with Gasteiger partial charge in [-0.3, -0.25) is 4.55 Å². The van der Waals surface area contributed by atoms with Crippen molar-refractivity contribution < 1.29 is 21.8 Å². The minimum absolute atomic E-state index is 0.732. The average Bonchev–Trinajstić information content (AvgIpc) is 2.14. The molecule has 1 N–H and O–H groups in total. The van der Waals surface area contributed by atoms with E-state index < -0.39 is 16.2 Å². The number of hydrogen-bond donors (Lipinski definition) is 1. The molecule has 0 heterocycles. The van der Waals surface area contributed by atoms with Gasteiger partial charge in [-0.1, -0.05) is 30.3 Å². The third-order valence-electron chi connectivity index (χ3n) is 1.23. The summed E-state index contributed by atoms with van der Waals surface area (Å²) < 4.78 is 49.2. The molecule has 0 spiro atoms. The Hall–Kier alpha value is -1.53. The predicted octanol–water partition coefficient (Wildman–Crippen LogP) is 2.94. The van der Waals surface area contributed by atoms with E-state index in [1.165, 1.54) is 6.08 Å². The Morgan fingerprint density at radius 1 is 1.25 bits per heavy atom. The second kappa shape index (κ2) is 6.86. The summed E-state index contributed by atoms with van der Waals surface area (Å²) in [6, 6.07) is 8.86. The van der Waals surface area contributed by atoms with Crippen molar-refractivity contribution in [2.75, 3.05) is 0 Å². The van der Waals surface area contributed by atoms with Crippen LogP contribution in [0, 0.1) is 0 Å². The molecule has 0 bridgehead atoms. The van der Waals surface area contributed by atoms with Gasteiger partial charge in [-0.25, -0.2) is 0 Å². The normalized spacial score (nSPS) is 10.7. The Balaban J connectivity index is 0.000000487. The maximum Gasteiger partial charge on any atom is 0.287 e. The zero-order valence-electron chi connectivity index (χ0n) is 8.18. The van der Waals surface area contributed by atoms with Crippen molar-refractivity contribution >= 4 is 16.2 Å². The van der Waals surface area contributed by atoms with Gasteiger partial charge in [-0.05, 0) is 18.2 Å². The van der Waals surface area contributed by atoms with Crippen LogP contribution in [0.5, 0.6) is 0 Å². The summed E-state index contributed by atoms with van der Waals surface area (Å²) >= 11 is 0. The summed E-state index contributed by atoms with van der Waals surface area (Å²) in [5.74, 6) is 0. The van der Waals surface area contributed by atoms with Crippen LogP contribution in [0.2, 0.25) is 0 Å². The highest BCUT2D eigenvalue weighted by atomic mass is 32.2. The maximum atomic E-state index is 10.3. The monoisotopic (exact) mass is 248 g/mol. The van der Waals surface area contributed by atoms with E-state index in [1.807, 2.05) is 6.07 Å². The first-order valence-corrected chi connectivity index (χ1v) is 5.52. The fourth-order valence-electron chi connectivity index (χ4n) is 0.729. The first kappa shape index (κ1) is 14.5. The molecule has 3 nitrogen and oxygen atoms in total. The molecule has 0 aliphatic carbocycles. The Bertz CT molecular complexity index is 448. The molecule has 0 aromatic heterocycles. The van der Waals surface area contributed by atoms with Gasteiger partial charge in [0.1, 0.15) is 0 Å². The molecule has 0 radical (unpaired) electrons. The predicted molar refractivity (Wildman–Crippen MR) is 58.4 cm³/mol. The molecule has 0 saturated heterocycles. The van der Waals surface area contributed by atoms with Crippen LogP contribution in [0.25, 0.3) is 6.08 Å². The van der Waals surface area contributed by atoms with Crippen molar-refractivity contribution in [3.05, 3.63) is 54.0 Å². The molecule has 0 aliphatic heterocycles. The first-order valence-electron chi connectivity index (χ1n) is 4.02.